The Morgan fingerprint density at radius 3 is 2.56 bits per heavy atom. The number of halogens is 4. The number of likely N-dealkylation sites (tertiary alicyclic amines) is 1. The van der Waals surface area contributed by atoms with Crippen molar-refractivity contribution in [3.05, 3.63) is 29.8 Å². The lowest BCUT2D eigenvalue weighted by molar-refractivity contribution is -0.128. The summed E-state index contributed by atoms with van der Waals surface area (Å²) in [7, 11) is 1.44. The zero-order chi connectivity index (χ0) is 25.9. The second-order valence-electron chi connectivity index (χ2n) is 9.70. The van der Waals surface area contributed by atoms with E-state index in [1.54, 1.807) is 0 Å². The van der Waals surface area contributed by atoms with Crippen LogP contribution in [0.4, 0.5) is 17.9 Å². The van der Waals surface area contributed by atoms with Gasteiger partial charge in [0.05, 0.1) is 19.0 Å². The zero-order valence-electron chi connectivity index (χ0n) is 19.9. The number of piperidine rings is 1. The predicted octanol–water partition coefficient (Wildman–Crippen LogP) is 4.24. The molecule has 3 aliphatic rings. The molecule has 2 aromatic rings. The van der Waals surface area contributed by atoms with E-state index in [1.165, 1.54) is 19.2 Å². The highest BCUT2D eigenvalue weighted by Crippen LogP contribution is 2.50. The number of aromatic amines is 1. The number of carbonyl (C=O) groups is 2. The van der Waals surface area contributed by atoms with Gasteiger partial charge in [-0.05, 0) is 57.4 Å². The van der Waals surface area contributed by atoms with Crippen molar-refractivity contribution in [2.45, 2.75) is 69.1 Å². The Labute approximate surface area is 205 Å². The van der Waals surface area contributed by atoms with Crippen molar-refractivity contribution >= 4 is 11.8 Å². The lowest BCUT2D eigenvalue weighted by atomic mass is 9.87. The van der Waals surface area contributed by atoms with E-state index in [2.05, 4.69) is 20.5 Å². The Balaban J connectivity index is 0.00000148. The summed E-state index contributed by atoms with van der Waals surface area (Å²) in [6.45, 7) is 0.472. The van der Waals surface area contributed by atoms with Crippen LogP contribution in [0.2, 0.25) is 0 Å². The highest BCUT2D eigenvalue weighted by atomic mass is 20.0. The summed E-state index contributed by atoms with van der Waals surface area (Å²) in [5.74, 6) is -0.631. The molecule has 0 unspecified atom stereocenters. The number of alkyl halides is 1. The number of nitrogens with one attached hydrogen (secondary N) is 2. The molecule has 1 atom stereocenters. The number of hydrogen-bond acceptors (Lipinski definition) is 5. The van der Waals surface area contributed by atoms with Crippen LogP contribution in [-0.4, -0.2) is 63.3 Å². The van der Waals surface area contributed by atoms with Crippen LogP contribution in [0, 0.1) is 11.7 Å². The van der Waals surface area contributed by atoms with Crippen LogP contribution in [0.15, 0.2) is 18.3 Å². The number of rotatable bonds is 5. The molecular formula is C24H29F4N5O3. The topological polar surface area (TPSA) is 100 Å². The quantitative estimate of drug-likeness (QED) is 0.585. The smallest absolute Gasteiger partial charge is 0.272 e. The summed E-state index contributed by atoms with van der Waals surface area (Å²) in [6, 6.07) is 3.02. The Hall–Kier alpha value is -3.18. The van der Waals surface area contributed by atoms with E-state index in [9.17, 15) is 18.4 Å². The third kappa shape index (κ3) is 5.31. The van der Waals surface area contributed by atoms with E-state index < -0.39 is 12.0 Å². The summed E-state index contributed by atoms with van der Waals surface area (Å²) < 4.78 is 48.7. The lowest BCUT2D eigenvalue weighted by Crippen LogP contribution is -2.52. The van der Waals surface area contributed by atoms with Gasteiger partial charge in [-0.3, -0.25) is 14.7 Å². The SMILES string of the molecule is COc1cc(-c2cc(C(=O)N3CC[C@H](C(=O)NC4CCC(F)CC4)CC34CC4)[nH]n2)c(F)cn1.FF. The first-order valence-electron chi connectivity index (χ1n) is 12.0. The van der Waals surface area contributed by atoms with Crippen molar-refractivity contribution in [1.29, 1.82) is 0 Å². The highest BCUT2D eigenvalue weighted by molar-refractivity contribution is 5.94. The number of carbonyl (C=O) groups excluding carboxylic acids is 2. The minimum Gasteiger partial charge on any atom is -0.481 e. The number of amides is 2. The Bertz CT molecular complexity index is 1090. The molecule has 2 aliphatic carbocycles. The van der Waals surface area contributed by atoms with E-state index in [-0.39, 0.29) is 46.5 Å². The van der Waals surface area contributed by atoms with Crippen LogP contribution in [0.25, 0.3) is 11.3 Å². The molecule has 1 aliphatic heterocycles. The van der Waals surface area contributed by atoms with Crippen molar-refractivity contribution in [3.8, 4) is 17.1 Å². The summed E-state index contributed by atoms with van der Waals surface area (Å²) in [4.78, 5) is 31.9. The largest absolute Gasteiger partial charge is 0.481 e. The van der Waals surface area contributed by atoms with Gasteiger partial charge in [-0.1, -0.05) is 0 Å². The maximum absolute atomic E-state index is 14.3. The van der Waals surface area contributed by atoms with Crippen LogP contribution in [0.3, 0.4) is 0 Å². The first-order chi connectivity index (χ1) is 17.4. The van der Waals surface area contributed by atoms with Gasteiger partial charge < -0.3 is 15.0 Å². The number of nitrogens with zero attached hydrogens (tertiary/aromatic N) is 3. The fraction of sp³-hybridized carbons (Fsp3) is 0.583. The van der Waals surface area contributed by atoms with Gasteiger partial charge in [-0.15, -0.1) is 0 Å². The van der Waals surface area contributed by atoms with Gasteiger partial charge in [0.2, 0.25) is 11.8 Å². The third-order valence-corrected chi connectivity index (χ3v) is 7.47. The van der Waals surface area contributed by atoms with E-state index in [0.717, 1.165) is 19.0 Å². The average Bonchev–Trinajstić information content (AvgIpc) is 3.47. The Morgan fingerprint density at radius 2 is 1.89 bits per heavy atom. The van der Waals surface area contributed by atoms with Crippen LogP contribution in [0.5, 0.6) is 5.88 Å². The molecule has 0 radical (unpaired) electrons. The molecule has 5 rings (SSSR count). The van der Waals surface area contributed by atoms with Gasteiger partial charge in [0, 0.05) is 44.8 Å². The van der Waals surface area contributed by atoms with Gasteiger partial charge in [0.1, 0.15) is 11.9 Å². The van der Waals surface area contributed by atoms with Crippen molar-refractivity contribution in [2.75, 3.05) is 13.7 Å². The molecule has 12 heteroatoms. The summed E-state index contributed by atoms with van der Waals surface area (Å²) in [6.07, 6.45) is 5.59. The molecule has 0 bridgehead atoms. The predicted molar refractivity (Wildman–Crippen MR) is 122 cm³/mol. The molecule has 196 valence electrons. The molecule has 1 spiro atoms. The van der Waals surface area contributed by atoms with E-state index in [1.807, 2.05) is 4.90 Å². The maximum atomic E-state index is 14.3. The van der Waals surface area contributed by atoms with Crippen molar-refractivity contribution in [2.24, 2.45) is 5.92 Å². The number of hydrogen-bond donors (Lipinski definition) is 2. The first-order valence-corrected chi connectivity index (χ1v) is 12.0. The molecule has 36 heavy (non-hydrogen) atoms. The minimum atomic E-state index is -0.753. The van der Waals surface area contributed by atoms with Gasteiger partial charge in [0.15, 0.2) is 5.82 Å². The molecule has 2 amide bonds. The van der Waals surface area contributed by atoms with Gasteiger partial charge in [-0.25, -0.2) is 13.8 Å². The molecule has 3 fully saturated rings. The third-order valence-electron chi connectivity index (χ3n) is 7.47. The molecule has 2 saturated carbocycles. The minimum absolute atomic E-state index is 0.0200. The highest BCUT2D eigenvalue weighted by Gasteiger charge is 2.54. The monoisotopic (exact) mass is 511 g/mol. The molecule has 8 nitrogen and oxygen atoms in total. The Kier molecular flexibility index (Phi) is 7.79. The number of pyridine rings is 1. The van der Waals surface area contributed by atoms with Crippen molar-refractivity contribution in [3.63, 3.8) is 0 Å². The lowest BCUT2D eigenvalue weighted by Gasteiger charge is -2.40. The maximum Gasteiger partial charge on any atom is 0.272 e. The molecular weight excluding hydrogens is 482 g/mol. The van der Waals surface area contributed by atoms with Gasteiger partial charge in [0.25, 0.3) is 5.91 Å². The number of H-pyrrole nitrogens is 1. The van der Waals surface area contributed by atoms with E-state index in [0.29, 0.717) is 50.8 Å². The van der Waals surface area contributed by atoms with Crippen molar-refractivity contribution in [1.82, 2.24) is 25.4 Å². The Morgan fingerprint density at radius 1 is 1.17 bits per heavy atom. The van der Waals surface area contributed by atoms with Gasteiger partial charge in [-0.2, -0.15) is 5.10 Å². The van der Waals surface area contributed by atoms with E-state index >= 15 is 0 Å². The molecule has 2 N–H and O–H groups in total. The summed E-state index contributed by atoms with van der Waals surface area (Å²) in [5, 5.41) is 9.99. The summed E-state index contributed by atoms with van der Waals surface area (Å²) >= 11 is 0. The summed E-state index contributed by atoms with van der Waals surface area (Å²) in [5.41, 5.74) is 0.455. The standard InChI is InChI=1S/C24H29F2N5O3.F2/c1-34-21-10-17(18(26)13-27-21)19-11-20(30-29-19)23(33)31-9-6-14(12-24(31)7-8-24)22(32)28-16-4-2-15(25)3-5-16;1-2/h10-11,13-16H,2-9,12H2,1H3,(H,28,32)(H,29,30);/t14-,15?,16?;/m0./s1. The molecule has 0 aromatic carbocycles. The first kappa shape index (κ1) is 25.9. The molecule has 3 heterocycles. The number of methoxy groups -OCH3 is 1. The second-order valence-corrected chi connectivity index (χ2v) is 9.70. The molecule has 1 saturated heterocycles. The number of aromatic nitrogens is 3. The fourth-order valence-corrected chi connectivity index (χ4v) is 5.31. The van der Waals surface area contributed by atoms with Crippen LogP contribution < -0.4 is 10.1 Å². The van der Waals surface area contributed by atoms with Crippen LogP contribution >= 0.6 is 0 Å². The van der Waals surface area contributed by atoms with Crippen molar-refractivity contribution < 1.29 is 32.3 Å². The fourth-order valence-electron chi connectivity index (χ4n) is 5.31. The molecule has 2 aromatic heterocycles. The average molecular weight is 512 g/mol. The normalized spacial score (nSPS) is 24.5. The van der Waals surface area contributed by atoms with Crippen LogP contribution in [-0.2, 0) is 4.79 Å². The zero-order valence-corrected chi connectivity index (χ0v) is 19.9. The second kappa shape index (κ2) is 10.8. The number of ether oxygens (including phenoxy) is 1. The van der Waals surface area contributed by atoms with E-state index in [4.69, 9.17) is 13.9 Å². The van der Waals surface area contributed by atoms with Crippen LogP contribution in [0.1, 0.15) is 61.9 Å². The van der Waals surface area contributed by atoms with Gasteiger partial charge >= 0.3 is 0 Å².